The Morgan fingerprint density at radius 3 is 2.67 bits per heavy atom. The van der Waals surface area contributed by atoms with Gasteiger partial charge in [-0.1, -0.05) is 0 Å². The summed E-state index contributed by atoms with van der Waals surface area (Å²) in [5.74, 6) is 0.319. The molecule has 0 saturated carbocycles. The second-order valence-corrected chi connectivity index (χ2v) is 8.01. The Morgan fingerprint density at radius 2 is 2.05 bits per heavy atom. The smallest absolute Gasteiger partial charge is 0.283 e. The van der Waals surface area contributed by atoms with Crippen LogP contribution in [0.1, 0.15) is 10.6 Å². The molecular formula is C11H13N5O2S3. The first-order valence-corrected chi connectivity index (χ1v) is 9.20. The minimum atomic E-state index is -3.77. The average Bonchev–Trinajstić information content (AvgIpc) is 3.03. The number of nitrogens with zero attached hydrogens (tertiary/aromatic N) is 3. The highest BCUT2D eigenvalue weighted by atomic mass is 32.2. The standard InChI is InChI=1S/C11H13N5O2S3/c1-6-7(2)20-10(13-6)15-21(17,18)9-8(12-3)14-11-16(9)4-5-19-11/h4-5,12H,1-3H3,(H,13,15). The summed E-state index contributed by atoms with van der Waals surface area (Å²) in [6.45, 7) is 3.75. The molecular weight excluding hydrogens is 330 g/mol. The fraction of sp³-hybridized carbons (Fsp3) is 0.273. The molecule has 10 heteroatoms. The maximum Gasteiger partial charge on any atom is 0.283 e. The molecule has 21 heavy (non-hydrogen) atoms. The van der Waals surface area contributed by atoms with Crippen LogP contribution in [-0.2, 0) is 10.0 Å². The van der Waals surface area contributed by atoms with Crippen LogP contribution in [0.25, 0.3) is 4.96 Å². The second kappa shape index (κ2) is 4.97. The van der Waals surface area contributed by atoms with Gasteiger partial charge in [0, 0.05) is 23.5 Å². The molecule has 0 fully saturated rings. The van der Waals surface area contributed by atoms with Crippen molar-refractivity contribution in [2.45, 2.75) is 18.9 Å². The molecule has 0 radical (unpaired) electrons. The zero-order chi connectivity index (χ0) is 15.2. The van der Waals surface area contributed by atoms with Crippen LogP contribution < -0.4 is 10.0 Å². The Kier molecular flexibility index (Phi) is 3.38. The third-order valence-electron chi connectivity index (χ3n) is 2.96. The third kappa shape index (κ3) is 2.39. The van der Waals surface area contributed by atoms with Crippen molar-refractivity contribution in [3.63, 3.8) is 0 Å². The Morgan fingerprint density at radius 1 is 1.29 bits per heavy atom. The molecule has 0 saturated heterocycles. The molecule has 7 nitrogen and oxygen atoms in total. The van der Waals surface area contributed by atoms with Crippen molar-refractivity contribution in [3.05, 3.63) is 22.1 Å². The van der Waals surface area contributed by atoms with Gasteiger partial charge in [-0.3, -0.25) is 9.12 Å². The Balaban J connectivity index is 2.09. The van der Waals surface area contributed by atoms with Crippen LogP contribution in [0.2, 0.25) is 0 Å². The van der Waals surface area contributed by atoms with Crippen molar-refractivity contribution >= 4 is 48.6 Å². The summed E-state index contributed by atoms with van der Waals surface area (Å²) in [7, 11) is -2.13. The molecule has 0 aliphatic heterocycles. The molecule has 0 aliphatic carbocycles. The van der Waals surface area contributed by atoms with Crippen molar-refractivity contribution in [1.82, 2.24) is 14.4 Å². The minimum Gasteiger partial charge on any atom is -0.371 e. The maximum absolute atomic E-state index is 12.6. The lowest BCUT2D eigenvalue weighted by Gasteiger charge is -2.06. The van der Waals surface area contributed by atoms with Crippen molar-refractivity contribution < 1.29 is 8.42 Å². The number of thiazole rings is 2. The van der Waals surface area contributed by atoms with Crippen molar-refractivity contribution in [1.29, 1.82) is 0 Å². The topological polar surface area (TPSA) is 88.4 Å². The summed E-state index contributed by atoms with van der Waals surface area (Å²) in [6, 6.07) is 0. The predicted molar refractivity (Wildman–Crippen MR) is 85.0 cm³/mol. The largest absolute Gasteiger partial charge is 0.371 e. The van der Waals surface area contributed by atoms with Crippen LogP contribution in [0.3, 0.4) is 0 Å². The molecule has 0 unspecified atom stereocenters. The highest BCUT2D eigenvalue weighted by Gasteiger charge is 2.26. The summed E-state index contributed by atoms with van der Waals surface area (Å²) < 4.78 is 29.3. The number of sulfonamides is 1. The third-order valence-corrected chi connectivity index (χ3v) is 6.20. The van der Waals surface area contributed by atoms with E-state index in [4.69, 9.17) is 0 Å². The lowest BCUT2D eigenvalue weighted by atomic mass is 10.4. The first kappa shape index (κ1) is 14.3. The first-order chi connectivity index (χ1) is 9.92. The highest BCUT2D eigenvalue weighted by Crippen LogP contribution is 2.29. The fourth-order valence-corrected chi connectivity index (χ4v) is 4.98. The molecule has 3 aromatic rings. The van der Waals surface area contributed by atoms with E-state index in [2.05, 4.69) is 20.0 Å². The van der Waals surface area contributed by atoms with Crippen LogP contribution >= 0.6 is 22.7 Å². The molecule has 0 spiro atoms. The van der Waals surface area contributed by atoms with Gasteiger partial charge < -0.3 is 5.32 Å². The van der Waals surface area contributed by atoms with Gasteiger partial charge in [0.1, 0.15) is 0 Å². The zero-order valence-corrected chi connectivity index (χ0v) is 14.0. The average molecular weight is 343 g/mol. The first-order valence-electron chi connectivity index (χ1n) is 6.02. The van der Waals surface area contributed by atoms with E-state index in [1.807, 2.05) is 13.8 Å². The summed E-state index contributed by atoms with van der Waals surface area (Å²) in [5, 5.41) is 5.06. The quantitative estimate of drug-likeness (QED) is 0.759. The van der Waals surface area contributed by atoms with Crippen molar-refractivity contribution in [2.75, 3.05) is 17.1 Å². The van der Waals surface area contributed by atoms with Crippen LogP contribution in [0, 0.1) is 13.8 Å². The maximum atomic E-state index is 12.6. The van der Waals surface area contributed by atoms with E-state index in [1.54, 1.807) is 23.0 Å². The van der Waals surface area contributed by atoms with E-state index in [0.717, 1.165) is 10.6 Å². The number of rotatable bonds is 4. The lowest BCUT2D eigenvalue weighted by molar-refractivity contribution is 0.597. The lowest BCUT2D eigenvalue weighted by Crippen LogP contribution is -2.16. The van der Waals surface area contributed by atoms with E-state index in [-0.39, 0.29) is 5.03 Å². The van der Waals surface area contributed by atoms with Gasteiger partial charge in [-0.15, -0.1) is 22.7 Å². The van der Waals surface area contributed by atoms with Gasteiger partial charge in [-0.25, -0.2) is 9.97 Å². The minimum absolute atomic E-state index is 0.0896. The molecule has 0 bridgehead atoms. The van der Waals surface area contributed by atoms with Crippen LogP contribution in [0.4, 0.5) is 10.9 Å². The molecule has 3 aromatic heterocycles. The van der Waals surface area contributed by atoms with Gasteiger partial charge in [0.2, 0.25) is 5.03 Å². The number of aryl methyl sites for hydroxylation is 2. The fourth-order valence-electron chi connectivity index (χ4n) is 1.86. The highest BCUT2D eigenvalue weighted by molar-refractivity contribution is 7.93. The molecule has 0 aliphatic rings. The molecule has 2 N–H and O–H groups in total. The molecule has 112 valence electrons. The van der Waals surface area contributed by atoms with E-state index in [1.165, 1.54) is 22.7 Å². The van der Waals surface area contributed by atoms with Crippen LogP contribution in [0.5, 0.6) is 0 Å². The number of imidazole rings is 1. The zero-order valence-electron chi connectivity index (χ0n) is 11.5. The number of anilines is 2. The van der Waals surface area contributed by atoms with Gasteiger partial charge in [-0.2, -0.15) is 8.42 Å². The van der Waals surface area contributed by atoms with Gasteiger partial charge in [0.05, 0.1) is 5.69 Å². The normalized spacial score (nSPS) is 12.0. The second-order valence-electron chi connectivity index (χ2n) is 4.34. The van der Waals surface area contributed by atoms with E-state index in [9.17, 15) is 8.42 Å². The van der Waals surface area contributed by atoms with E-state index >= 15 is 0 Å². The van der Waals surface area contributed by atoms with Crippen LogP contribution in [0.15, 0.2) is 16.6 Å². The van der Waals surface area contributed by atoms with E-state index < -0.39 is 10.0 Å². The Labute approximate surface area is 129 Å². The van der Waals surface area contributed by atoms with Gasteiger partial charge in [-0.05, 0) is 13.8 Å². The summed E-state index contributed by atoms with van der Waals surface area (Å²) in [5.41, 5.74) is 0.820. The Bertz CT molecular complexity index is 886. The molecule has 3 rings (SSSR count). The van der Waals surface area contributed by atoms with Gasteiger partial charge in [0.15, 0.2) is 15.9 Å². The SMILES string of the molecule is CNc1nc2sccn2c1S(=O)(=O)Nc1nc(C)c(C)s1. The Hall–Kier alpha value is -1.65. The van der Waals surface area contributed by atoms with Gasteiger partial charge >= 0.3 is 0 Å². The van der Waals surface area contributed by atoms with Crippen LogP contribution in [-0.4, -0.2) is 29.8 Å². The molecule has 0 atom stereocenters. The number of aromatic nitrogens is 3. The number of hydrogen-bond acceptors (Lipinski definition) is 7. The van der Waals surface area contributed by atoms with Crippen molar-refractivity contribution in [2.24, 2.45) is 0 Å². The number of nitrogens with one attached hydrogen (secondary N) is 2. The molecule has 0 aromatic carbocycles. The van der Waals surface area contributed by atoms with Gasteiger partial charge in [0.25, 0.3) is 10.0 Å². The predicted octanol–water partition coefficient (Wildman–Crippen LogP) is 2.31. The monoisotopic (exact) mass is 343 g/mol. The summed E-state index contributed by atoms with van der Waals surface area (Å²) in [4.78, 5) is 10.1. The van der Waals surface area contributed by atoms with E-state index in [0.29, 0.717) is 15.9 Å². The molecule has 3 heterocycles. The summed E-state index contributed by atoms with van der Waals surface area (Å²) >= 11 is 2.68. The number of fused-ring (bicyclic) bond motifs is 1. The number of hydrogen-bond donors (Lipinski definition) is 2. The summed E-state index contributed by atoms with van der Waals surface area (Å²) in [6.07, 6.45) is 1.68. The molecule has 0 amide bonds. The van der Waals surface area contributed by atoms with Crippen molar-refractivity contribution in [3.8, 4) is 0 Å².